The minimum atomic E-state index is -0.265. The van der Waals surface area contributed by atoms with Crippen LogP contribution >= 0.6 is 0 Å². The Morgan fingerprint density at radius 1 is 0.763 bits per heavy atom. The third kappa shape index (κ3) is 8.20. The molecule has 0 fully saturated rings. The van der Waals surface area contributed by atoms with Gasteiger partial charge < -0.3 is 9.47 Å². The molecular weight excluding hydrogens is 472 g/mol. The first-order valence-corrected chi connectivity index (χ1v) is 13.5. The van der Waals surface area contributed by atoms with Crippen molar-refractivity contribution in [2.24, 2.45) is 5.10 Å². The molecule has 0 saturated heterocycles. The minimum Gasteiger partial charge on any atom is -0.494 e. The van der Waals surface area contributed by atoms with Gasteiger partial charge in [-0.1, -0.05) is 81.5 Å². The highest BCUT2D eigenvalue weighted by Crippen LogP contribution is 2.21. The Kier molecular flexibility index (Phi) is 10.3. The van der Waals surface area contributed by atoms with E-state index < -0.39 is 0 Å². The number of hydrogen-bond acceptors (Lipinski definition) is 4. The topological polar surface area (TPSA) is 59.9 Å². The third-order valence-corrected chi connectivity index (χ3v) is 6.42. The predicted octanol–water partition coefficient (Wildman–Crippen LogP) is 7.92. The molecule has 0 saturated carbocycles. The number of rotatable bonds is 14. The van der Waals surface area contributed by atoms with E-state index in [2.05, 4.69) is 41.7 Å². The van der Waals surface area contributed by atoms with Crippen LogP contribution in [0.2, 0.25) is 0 Å². The van der Waals surface area contributed by atoms with Crippen LogP contribution in [0.15, 0.2) is 96.1 Å². The van der Waals surface area contributed by atoms with Crippen LogP contribution in [0, 0.1) is 0 Å². The van der Waals surface area contributed by atoms with Crippen LogP contribution in [0.25, 0.3) is 10.8 Å². The summed E-state index contributed by atoms with van der Waals surface area (Å²) in [5.74, 6) is 1.29. The summed E-state index contributed by atoms with van der Waals surface area (Å²) in [5, 5.41) is 6.49. The summed E-state index contributed by atoms with van der Waals surface area (Å²) >= 11 is 0. The zero-order valence-electron chi connectivity index (χ0n) is 22.1. The van der Waals surface area contributed by atoms with Gasteiger partial charge in [-0.3, -0.25) is 4.79 Å². The number of hydrazone groups is 1. The fraction of sp³-hybridized carbons (Fsp3) is 0.273. The summed E-state index contributed by atoms with van der Waals surface area (Å²) in [7, 11) is 0. The second-order valence-corrected chi connectivity index (χ2v) is 9.34. The highest BCUT2D eigenvalue weighted by Gasteiger charge is 2.05. The summed E-state index contributed by atoms with van der Waals surface area (Å²) in [6.45, 7) is 3.42. The van der Waals surface area contributed by atoms with Crippen LogP contribution in [0.1, 0.15) is 66.9 Å². The number of nitrogens with zero attached hydrogens (tertiary/aromatic N) is 1. The van der Waals surface area contributed by atoms with Gasteiger partial charge in [-0.05, 0) is 76.9 Å². The van der Waals surface area contributed by atoms with E-state index in [-0.39, 0.29) is 5.91 Å². The minimum absolute atomic E-state index is 0.265. The largest absolute Gasteiger partial charge is 0.494 e. The molecule has 0 aromatic heterocycles. The first kappa shape index (κ1) is 26.9. The second kappa shape index (κ2) is 14.6. The van der Waals surface area contributed by atoms with Gasteiger partial charge in [0.15, 0.2) is 0 Å². The fourth-order valence-electron chi connectivity index (χ4n) is 4.23. The molecule has 38 heavy (non-hydrogen) atoms. The van der Waals surface area contributed by atoms with Gasteiger partial charge in [0.1, 0.15) is 18.1 Å². The van der Waals surface area contributed by atoms with Crippen molar-refractivity contribution in [3.63, 3.8) is 0 Å². The van der Waals surface area contributed by atoms with E-state index in [1.807, 2.05) is 54.6 Å². The molecule has 0 radical (unpaired) electrons. The first-order valence-electron chi connectivity index (χ1n) is 13.5. The highest BCUT2D eigenvalue weighted by atomic mass is 16.5. The van der Waals surface area contributed by atoms with Crippen LogP contribution in [0.5, 0.6) is 11.5 Å². The van der Waals surface area contributed by atoms with Crippen molar-refractivity contribution < 1.29 is 14.3 Å². The number of hydrogen-bond donors (Lipinski definition) is 1. The molecule has 4 aromatic carbocycles. The van der Waals surface area contributed by atoms with E-state index in [1.54, 1.807) is 18.3 Å². The number of carbonyl (C=O) groups is 1. The molecule has 1 amide bonds. The Labute approximate surface area is 225 Å². The third-order valence-electron chi connectivity index (χ3n) is 6.42. The van der Waals surface area contributed by atoms with Gasteiger partial charge in [0, 0.05) is 5.56 Å². The Hall–Kier alpha value is -4.12. The van der Waals surface area contributed by atoms with Crippen molar-refractivity contribution in [2.75, 3.05) is 6.61 Å². The van der Waals surface area contributed by atoms with Gasteiger partial charge in [0.25, 0.3) is 5.91 Å². The van der Waals surface area contributed by atoms with Gasteiger partial charge in [-0.2, -0.15) is 5.10 Å². The summed E-state index contributed by atoms with van der Waals surface area (Å²) in [4.78, 5) is 12.4. The molecule has 0 spiro atoms. The smallest absolute Gasteiger partial charge is 0.271 e. The zero-order chi connectivity index (χ0) is 26.4. The molecule has 5 nitrogen and oxygen atoms in total. The predicted molar refractivity (Wildman–Crippen MR) is 155 cm³/mol. The first-order chi connectivity index (χ1) is 18.7. The molecule has 0 aliphatic heterocycles. The summed E-state index contributed by atoms with van der Waals surface area (Å²) in [6.07, 6.45) is 9.00. The lowest BCUT2D eigenvalue weighted by atomic mass is 10.1. The van der Waals surface area contributed by atoms with Crippen molar-refractivity contribution in [1.29, 1.82) is 0 Å². The van der Waals surface area contributed by atoms with Gasteiger partial charge >= 0.3 is 0 Å². The molecule has 0 aliphatic rings. The van der Waals surface area contributed by atoms with E-state index in [0.717, 1.165) is 29.0 Å². The number of unbranched alkanes of at least 4 members (excludes halogenated alkanes) is 5. The Morgan fingerprint density at radius 3 is 2.26 bits per heavy atom. The van der Waals surface area contributed by atoms with Crippen molar-refractivity contribution in [3.05, 3.63) is 108 Å². The van der Waals surface area contributed by atoms with E-state index in [9.17, 15) is 4.79 Å². The maximum Gasteiger partial charge on any atom is 0.271 e. The Balaban J connectivity index is 1.19. The Morgan fingerprint density at radius 2 is 1.45 bits per heavy atom. The molecule has 4 rings (SSSR count). The maximum atomic E-state index is 12.4. The number of amides is 1. The van der Waals surface area contributed by atoms with Gasteiger partial charge in [-0.15, -0.1) is 0 Å². The lowest BCUT2D eigenvalue weighted by Gasteiger charge is -2.09. The molecule has 0 bridgehead atoms. The number of carbonyl (C=O) groups excluding carboxylic acids is 1. The molecule has 0 atom stereocenters. The van der Waals surface area contributed by atoms with Gasteiger partial charge in [0.2, 0.25) is 0 Å². The van der Waals surface area contributed by atoms with Crippen LogP contribution in [-0.2, 0) is 6.61 Å². The Bertz CT molecular complexity index is 1310. The molecule has 0 heterocycles. The highest BCUT2D eigenvalue weighted by molar-refractivity contribution is 5.95. The SMILES string of the molecule is CCCCCCCCOc1ccc(C(=O)N/N=C/c2ccc(OCc3cccc4ccccc34)cc2)cc1. The lowest BCUT2D eigenvalue weighted by molar-refractivity contribution is 0.0955. The molecule has 5 heteroatoms. The van der Waals surface area contributed by atoms with Gasteiger partial charge in [0.05, 0.1) is 12.8 Å². The van der Waals surface area contributed by atoms with E-state index in [0.29, 0.717) is 18.8 Å². The molecule has 0 unspecified atom stereocenters. The fourth-order valence-corrected chi connectivity index (χ4v) is 4.23. The van der Waals surface area contributed by atoms with E-state index >= 15 is 0 Å². The van der Waals surface area contributed by atoms with Crippen molar-refractivity contribution in [2.45, 2.75) is 52.1 Å². The van der Waals surface area contributed by atoms with Crippen LogP contribution in [0.3, 0.4) is 0 Å². The molecule has 1 N–H and O–H groups in total. The van der Waals surface area contributed by atoms with Crippen LogP contribution < -0.4 is 14.9 Å². The molecule has 4 aromatic rings. The van der Waals surface area contributed by atoms with Crippen LogP contribution in [0.4, 0.5) is 0 Å². The van der Waals surface area contributed by atoms with Crippen molar-refractivity contribution in [3.8, 4) is 11.5 Å². The number of nitrogens with one attached hydrogen (secondary N) is 1. The summed E-state index contributed by atoms with van der Waals surface area (Å²) in [6, 6.07) is 29.3. The van der Waals surface area contributed by atoms with Crippen molar-refractivity contribution in [1.82, 2.24) is 5.43 Å². The quantitative estimate of drug-likeness (QED) is 0.107. The maximum absolute atomic E-state index is 12.4. The monoisotopic (exact) mass is 508 g/mol. The standard InChI is InChI=1S/C33H36N2O3/c1-2-3-4-5-6-9-23-37-30-21-17-28(18-22-30)33(36)35-34-24-26-15-19-31(20-16-26)38-25-29-13-10-12-27-11-7-8-14-32(27)29/h7-8,10-22,24H,2-6,9,23,25H2,1H3,(H,35,36)/b34-24+. The average Bonchev–Trinajstić information content (AvgIpc) is 2.96. The zero-order valence-corrected chi connectivity index (χ0v) is 22.1. The lowest BCUT2D eigenvalue weighted by Crippen LogP contribution is -2.17. The molecule has 196 valence electrons. The summed E-state index contributed by atoms with van der Waals surface area (Å²) in [5.41, 5.74) is 5.12. The van der Waals surface area contributed by atoms with E-state index in [4.69, 9.17) is 9.47 Å². The van der Waals surface area contributed by atoms with E-state index in [1.165, 1.54) is 42.9 Å². The van der Waals surface area contributed by atoms with Gasteiger partial charge in [-0.25, -0.2) is 5.43 Å². The molecular formula is C33H36N2O3. The second-order valence-electron chi connectivity index (χ2n) is 9.34. The summed E-state index contributed by atoms with van der Waals surface area (Å²) < 4.78 is 11.8. The average molecular weight is 509 g/mol. The van der Waals surface area contributed by atoms with Crippen molar-refractivity contribution >= 4 is 22.9 Å². The number of fused-ring (bicyclic) bond motifs is 1. The normalized spacial score (nSPS) is 11.1. The number of benzene rings is 4. The van der Waals surface area contributed by atoms with Crippen LogP contribution in [-0.4, -0.2) is 18.7 Å². The number of ether oxygens (including phenoxy) is 2. The molecule has 0 aliphatic carbocycles.